The number of piperazine rings is 1. The second-order valence-corrected chi connectivity index (χ2v) is 18.2. The maximum atomic E-state index is 14.0. The third kappa shape index (κ3) is 9.08. The van der Waals surface area contributed by atoms with E-state index in [4.69, 9.17) is 10.5 Å². The van der Waals surface area contributed by atoms with Crippen molar-refractivity contribution in [2.45, 2.75) is 109 Å². The molecule has 60 heavy (non-hydrogen) atoms. The number of fused-ring (bicyclic) bond motifs is 1. The molecule has 4 aromatic rings. The number of hydrogen-bond donors (Lipinski definition) is 4. The second kappa shape index (κ2) is 18.2. The highest BCUT2D eigenvalue weighted by Gasteiger charge is 2.51. The first-order valence-electron chi connectivity index (χ1n) is 22.3. The molecule has 0 radical (unpaired) electrons. The first-order valence-corrected chi connectivity index (χ1v) is 22.3. The highest BCUT2D eigenvalue weighted by Crippen LogP contribution is 2.61. The van der Waals surface area contributed by atoms with Crippen molar-refractivity contribution in [1.82, 2.24) is 25.2 Å². The van der Waals surface area contributed by atoms with E-state index in [-0.39, 0.29) is 29.0 Å². The number of aromatic nitrogens is 3. The monoisotopic (exact) mass is 814 g/mol. The van der Waals surface area contributed by atoms with Crippen LogP contribution in [0.4, 0.5) is 17.2 Å². The SMILES string of the molecule is CCCCCCC(CC1CNCCN1c1ccc(Nc2ncnc3c2c(C)cc(=O)n3-c2ccccc2/C=C/C(N)=O)c(OC)c1)NC(=O)CC12CC3CC(CC(C3)C1)C2. The number of rotatable bonds is 17. The van der Waals surface area contributed by atoms with Crippen LogP contribution in [0.15, 0.2) is 65.7 Å². The van der Waals surface area contributed by atoms with E-state index in [1.165, 1.54) is 74.8 Å². The molecule has 5 aliphatic rings. The third-order valence-electron chi connectivity index (χ3n) is 13.7. The predicted molar refractivity (Wildman–Crippen MR) is 239 cm³/mol. The molecule has 4 bridgehead atoms. The summed E-state index contributed by atoms with van der Waals surface area (Å²) >= 11 is 0. The van der Waals surface area contributed by atoms with E-state index in [0.717, 1.165) is 68.0 Å². The molecule has 5 fully saturated rings. The predicted octanol–water partition coefficient (Wildman–Crippen LogP) is 7.57. The number of benzene rings is 2. The number of anilines is 3. The Hall–Kier alpha value is -5.23. The van der Waals surface area contributed by atoms with Gasteiger partial charge in [0.15, 0.2) is 5.65 Å². The number of pyridine rings is 1. The Labute approximate surface area is 353 Å². The lowest BCUT2D eigenvalue weighted by atomic mass is 9.49. The van der Waals surface area contributed by atoms with Crippen molar-refractivity contribution in [2.24, 2.45) is 28.9 Å². The van der Waals surface area contributed by atoms with Crippen molar-refractivity contribution >= 4 is 46.1 Å². The van der Waals surface area contributed by atoms with Crippen LogP contribution in [0.3, 0.4) is 0 Å². The lowest BCUT2D eigenvalue weighted by Gasteiger charge is -2.56. The number of hydrogen-bond acceptors (Lipinski definition) is 9. The largest absolute Gasteiger partial charge is 0.494 e. The number of carbonyl (C=O) groups excluding carboxylic acids is 2. The number of nitrogens with two attached hydrogens (primary N) is 1. The minimum Gasteiger partial charge on any atom is -0.494 e. The van der Waals surface area contributed by atoms with E-state index in [0.29, 0.717) is 45.8 Å². The Morgan fingerprint density at radius 3 is 2.53 bits per heavy atom. The highest BCUT2D eigenvalue weighted by atomic mass is 16.5. The average molecular weight is 815 g/mol. The Morgan fingerprint density at radius 2 is 1.80 bits per heavy atom. The van der Waals surface area contributed by atoms with Gasteiger partial charge >= 0.3 is 0 Å². The van der Waals surface area contributed by atoms with Crippen LogP contribution in [0.25, 0.3) is 22.8 Å². The summed E-state index contributed by atoms with van der Waals surface area (Å²) in [5.41, 5.74) is 9.48. The fourth-order valence-corrected chi connectivity index (χ4v) is 11.6. The first-order chi connectivity index (χ1) is 29.1. The molecule has 2 atom stereocenters. The van der Waals surface area contributed by atoms with Crippen molar-refractivity contribution in [3.8, 4) is 11.4 Å². The Bertz CT molecular complexity index is 2250. The van der Waals surface area contributed by atoms with Crippen LogP contribution in [-0.4, -0.2) is 65.2 Å². The third-order valence-corrected chi connectivity index (χ3v) is 13.7. The van der Waals surface area contributed by atoms with Crippen molar-refractivity contribution in [3.05, 3.63) is 82.4 Å². The summed E-state index contributed by atoms with van der Waals surface area (Å²) in [6.07, 6.45) is 19.5. The molecule has 12 nitrogen and oxygen atoms in total. The number of unbranched alkanes of at least 4 members (excludes halogenated alkanes) is 3. The maximum Gasteiger partial charge on any atom is 0.257 e. The van der Waals surface area contributed by atoms with Crippen LogP contribution < -0.4 is 36.9 Å². The van der Waals surface area contributed by atoms with Crippen molar-refractivity contribution < 1.29 is 14.3 Å². The fourth-order valence-electron chi connectivity index (χ4n) is 11.6. The molecule has 4 aliphatic carbocycles. The van der Waals surface area contributed by atoms with E-state index in [1.54, 1.807) is 19.3 Å². The summed E-state index contributed by atoms with van der Waals surface area (Å²) in [5.74, 6) is 3.38. The summed E-state index contributed by atoms with van der Waals surface area (Å²) < 4.78 is 7.55. The number of aryl methyl sites for hydroxylation is 1. The number of nitrogens with one attached hydrogen (secondary N) is 3. The molecule has 2 aromatic heterocycles. The zero-order chi connectivity index (χ0) is 41.8. The summed E-state index contributed by atoms with van der Waals surface area (Å²) in [5, 5.41) is 11.4. The Kier molecular flexibility index (Phi) is 12.6. The van der Waals surface area contributed by atoms with Crippen LogP contribution in [-0.2, 0) is 9.59 Å². The maximum absolute atomic E-state index is 14.0. The van der Waals surface area contributed by atoms with Gasteiger partial charge in [-0.2, -0.15) is 0 Å². The number of carbonyl (C=O) groups is 2. The topological polar surface area (TPSA) is 156 Å². The molecule has 12 heteroatoms. The van der Waals surface area contributed by atoms with E-state index in [1.807, 2.05) is 37.3 Å². The van der Waals surface area contributed by atoms with Crippen LogP contribution in [0.1, 0.15) is 102 Å². The minimum absolute atomic E-state index is 0.122. The van der Waals surface area contributed by atoms with Crippen molar-refractivity contribution in [2.75, 3.05) is 37.0 Å². The van der Waals surface area contributed by atoms with Gasteiger partial charge in [-0.3, -0.25) is 19.0 Å². The van der Waals surface area contributed by atoms with Crippen molar-refractivity contribution in [3.63, 3.8) is 0 Å². The van der Waals surface area contributed by atoms with Gasteiger partial charge in [-0.1, -0.05) is 50.8 Å². The van der Waals surface area contributed by atoms with E-state index >= 15 is 0 Å². The van der Waals surface area contributed by atoms with Gasteiger partial charge in [0.05, 0.1) is 23.9 Å². The molecule has 3 heterocycles. The zero-order valence-electron chi connectivity index (χ0n) is 35.6. The van der Waals surface area contributed by atoms with Gasteiger partial charge in [-0.15, -0.1) is 0 Å². The molecule has 318 valence electrons. The number of primary amides is 1. The van der Waals surface area contributed by atoms with Crippen LogP contribution in [0.5, 0.6) is 5.75 Å². The van der Waals surface area contributed by atoms with Gasteiger partial charge in [-0.05, 0) is 117 Å². The number of para-hydroxylation sites is 1. The zero-order valence-corrected chi connectivity index (χ0v) is 35.6. The van der Waals surface area contributed by atoms with Gasteiger partial charge in [-0.25, -0.2) is 9.97 Å². The molecule has 2 aromatic carbocycles. The van der Waals surface area contributed by atoms with Crippen LogP contribution >= 0.6 is 0 Å². The second-order valence-electron chi connectivity index (χ2n) is 18.2. The lowest BCUT2D eigenvalue weighted by Crippen LogP contribution is -2.54. The van der Waals surface area contributed by atoms with E-state index in [2.05, 4.69) is 49.9 Å². The van der Waals surface area contributed by atoms with Gasteiger partial charge < -0.3 is 31.3 Å². The van der Waals surface area contributed by atoms with E-state index in [9.17, 15) is 14.4 Å². The molecular formula is C48H62N8O4. The normalized spacial score (nSPS) is 23.9. The number of methoxy groups -OCH3 is 1. The summed E-state index contributed by atoms with van der Waals surface area (Å²) in [7, 11) is 1.67. The molecule has 9 rings (SSSR count). The first kappa shape index (κ1) is 41.5. The molecule has 2 amide bonds. The van der Waals surface area contributed by atoms with Crippen LogP contribution in [0.2, 0.25) is 0 Å². The Morgan fingerprint density at radius 1 is 1.03 bits per heavy atom. The van der Waals surface area contributed by atoms with Gasteiger partial charge in [0.25, 0.3) is 5.56 Å². The quantitative estimate of drug-likeness (QED) is 0.0624. The smallest absolute Gasteiger partial charge is 0.257 e. The van der Waals surface area contributed by atoms with Crippen molar-refractivity contribution in [1.29, 1.82) is 0 Å². The lowest BCUT2D eigenvalue weighted by molar-refractivity contribution is -0.130. The Balaban J connectivity index is 1.02. The molecule has 5 N–H and O–H groups in total. The van der Waals surface area contributed by atoms with Gasteiger partial charge in [0.1, 0.15) is 17.9 Å². The highest BCUT2D eigenvalue weighted by molar-refractivity contribution is 5.94. The number of nitrogens with zero attached hydrogens (tertiary/aromatic N) is 4. The summed E-state index contributed by atoms with van der Waals surface area (Å²) in [4.78, 5) is 50.8. The summed E-state index contributed by atoms with van der Waals surface area (Å²) in [6, 6.07) is 15.4. The standard InChI is InChI=1S/C48H62N8O4/c1-4-5-6-7-11-36(53-43(58)28-48-25-32-20-33(26-48)22-34(21-32)27-48)23-38-29-50-17-18-55(38)37-14-15-39(41(24-37)60-3)54-46-45-31(2)19-44(59)56(47(45)52-30-51-46)40-12-9-8-10-35(40)13-16-42(49)57/h8-10,12-16,19,24,30,32-34,36,38,50H,4-7,11,17-18,20-23,25-29H2,1-3H3,(H2,49,57)(H,53,58)(H,51,52,54)/b16-13+. The van der Waals surface area contributed by atoms with Crippen LogP contribution in [0, 0.1) is 30.1 Å². The van der Waals surface area contributed by atoms with Gasteiger partial charge in [0, 0.05) is 62.0 Å². The van der Waals surface area contributed by atoms with E-state index < -0.39 is 5.91 Å². The minimum atomic E-state index is -0.583. The molecule has 2 unspecified atom stereocenters. The van der Waals surface area contributed by atoms with Gasteiger partial charge in [0.2, 0.25) is 11.8 Å². The molecule has 4 saturated carbocycles. The number of amides is 2. The summed E-state index contributed by atoms with van der Waals surface area (Å²) in [6.45, 7) is 6.67. The number of ether oxygens (including phenoxy) is 1. The average Bonchev–Trinajstić information content (AvgIpc) is 3.21. The molecule has 0 spiro atoms. The molecule has 1 aliphatic heterocycles. The molecule has 1 saturated heterocycles. The molecular weight excluding hydrogens is 753 g/mol. The fraction of sp³-hybridized carbons (Fsp3) is 0.521.